The van der Waals surface area contributed by atoms with Gasteiger partial charge in [-0.1, -0.05) is 23.7 Å². The Balaban J connectivity index is 1.47. The third kappa shape index (κ3) is 4.46. The summed E-state index contributed by atoms with van der Waals surface area (Å²) in [5.41, 5.74) is 3.00. The fourth-order valence-electron chi connectivity index (χ4n) is 3.36. The van der Waals surface area contributed by atoms with Gasteiger partial charge in [-0.2, -0.15) is 0 Å². The Morgan fingerprint density at radius 2 is 2.04 bits per heavy atom. The molecule has 4 nitrogen and oxygen atoms in total. The zero-order chi connectivity index (χ0) is 16.9. The topological polar surface area (TPSA) is 49.0 Å². The molecule has 1 fully saturated rings. The number of piperidine rings is 1. The van der Waals surface area contributed by atoms with Gasteiger partial charge in [-0.05, 0) is 69.3 Å². The molecule has 128 valence electrons. The minimum Gasteiger partial charge on any atom is -0.329 e. The van der Waals surface area contributed by atoms with Gasteiger partial charge in [0, 0.05) is 24.0 Å². The van der Waals surface area contributed by atoms with Crippen LogP contribution in [0.1, 0.15) is 36.1 Å². The van der Waals surface area contributed by atoms with Gasteiger partial charge >= 0.3 is 0 Å². The highest BCUT2D eigenvalue weighted by Crippen LogP contribution is 2.25. The van der Waals surface area contributed by atoms with E-state index in [9.17, 15) is 4.79 Å². The number of nitrogens with one attached hydrogen (secondary N) is 1. The maximum Gasteiger partial charge on any atom is 0.252 e. The van der Waals surface area contributed by atoms with E-state index in [1.807, 2.05) is 25.1 Å². The largest absolute Gasteiger partial charge is 0.329 e. The number of aryl methyl sites for hydroxylation is 2. The lowest BCUT2D eigenvalue weighted by Crippen LogP contribution is -2.35. The van der Waals surface area contributed by atoms with Gasteiger partial charge < -0.3 is 4.98 Å². The Kier molecular flexibility index (Phi) is 5.69. The number of aromatic nitrogens is 2. The average molecular weight is 346 g/mol. The Labute approximate surface area is 147 Å². The normalized spacial score (nSPS) is 16.4. The SMILES string of the molecule is Cc1ccc(CCC2CCN(Cc3ccc[nH]c3=O)CC2)c(Cl)n1. The lowest BCUT2D eigenvalue weighted by Gasteiger charge is -2.31. The summed E-state index contributed by atoms with van der Waals surface area (Å²) in [6.45, 7) is 4.82. The first kappa shape index (κ1) is 17.2. The molecule has 0 saturated carbocycles. The van der Waals surface area contributed by atoms with E-state index in [0.29, 0.717) is 5.15 Å². The molecule has 3 heterocycles. The Morgan fingerprint density at radius 1 is 1.25 bits per heavy atom. The summed E-state index contributed by atoms with van der Waals surface area (Å²) < 4.78 is 0. The number of pyridine rings is 2. The van der Waals surface area contributed by atoms with E-state index in [0.717, 1.165) is 55.2 Å². The van der Waals surface area contributed by atoms with E-state index >= 15 is 0 Å². The van der Waals surface area contributed by atoms with Crippen LogP contribution in [0.2, 0.25) is 5.15 Å². The molecule has 5 heteroatoms. The van der Waals surface area contributed by atoms with Crippen LogP contribution in [0.25, 0.3) is 0 Å². The minimum atomic E-state index is 0.0288. The third-order valence-corrected chi connectivity index (χ3v) is 5.22. The Morgan fingerprint density at radius 3 is 2.75 bits per heavy atom. The fraction of sp³-hybridized carbons (Fsp3) is 0.474. The molecule has 0 spiro atoms. The monoisotopic (exact) mass is 345 g/mol. The summed E-state index contributed by atoms with van der Waals surface area (Å²) in [6, 6.07) is 7.93. The van der Waals surface area contributed by atoms with Gasteiger partial charge in [-0.25, -0.2) is 4.98 Å². The van der Waals surface area contributed by atoms with Gasteiger partial charge in [0.1, 0.15) is 5.15 Å². The van der Waals surface area contributed by atoms with Crippen LogP contribution in [-0.4, -0.2) is 28.0 Å². The van der Waals surface area contributed by atoms with Crippen molar-refractivity contribution in [3.05, 3.63) is 62.8 Å². The number of likely N-dealkylation sites (tertiary alicyclic amines) is 1. The van der Waals surface area contributed by atoms with Gasteiger partial charge in [0.2, 0.25) is 0 Å². The highest BCUT2D eigenvalue weighted by Gasteiger charge is 2.20. The van der Waals surface area contributed by atoms with E-state index < -0.39 is 0 Å². The molecule has 0 aromatic carbocycles. The van der Waals surface area contributed by atoms with Gasteiger partial charge in [0.15, 0.2) is 0 Å². The van der Waals surface area contributed by atoms with Gasteiger partial charge in [-0.15, -0.1) is 0 Å². The standard InChI is InChI=1S/C19H24ClN3O/c1-14-4-6-16(18(20)22-14)7-5-15-8-11-23(12-9-15)13-17-3-2-10-21-19(17)24/h2-4,6,10,15H,5,7-9,11-13H2,1H3,(H,21,24). The van der Waals surface area contributed by atoms with Crippen LogP contribution in [-0.2, 0) is 13.0 Å². The lowest BCUT2D eigenvalue weighted by molar-refractivity contribution is 0.172. The molecule has 1 saturated heterocycles. The quantitative estimate of drug-likeness (QED) is 0.843. The van der Waals surface area contributed by atoms with E-state index in [1.165, 1.54) is 12.8 Å². The fourth-order valence-corrected chi connectivity index (χ4v) is 3.65. The van der Waals surface area contributed by atoms with Crippen molar-refractivity contribution < 1.29 is 0 Å². The molecule has 0 atom stereocenters. The number of aromatic amines is 1. The molecule has 0 bridgehead atoms. The number of H-pyrrole nitrogens is 1. The molecule has 1 aliphatic rings. The predicted molar refractivity (Wildman–Crippen MR) is 97.4 cm³/mol. The number of halogens is 1. The number of hydrogen-bond donors (Lipinski definition) is 1. The maximum absolute atomic E-state index is 11.8. The lowest BCUT2D eigenvalue weighted by atomic mass is 9.90. The summed E-state index contributed by atoms with van der Waals surface area (Å²) >= 11 is 6.22. The van der Waals surface area contributed by atoms with Gasteiger partial charge in [-0.3, -0.25) is 9.69 Å². The molecule has 1 N–H and O–H groups in total. The molecule has 2 aromatic rings. The van der Waals surface area contributed by atoms with Crippen LogP contribution in [0.15, 0.2) is 35.3 Å². The van der Waals surface area contributed by atoms with E-state index in [-0.39, 0.29) is 5.56 Å². The summed E-state index contributed by atoms with van der Waals surface area (Å²) in [6.07, 6.45) is 6.20. The Bertz CT molecular complexity index is 735. The van der Waals surface area contributed by atoms with Crippen LogP contribution >= 0.6 is 11.6 Å². The third-order valence-electron chi connectivity index (χ3n) is 4.89. The summed E-state index contributed by atoms with van der Waals surface area (Å²) in [5.74, 6) is 0.729. The molecular weight excluding hydrogens is 322 g/mol. The summed E-state index contributed by atoms with van der Waals surface area (Å²) in [5, 5.41) is 0.649. The van der Waals surface area contributed by atoms with Crippen molar-refractivity contribution >= 4 is 11.6 Å². The second-order valence-corrected chi connectivity index (χ2v) is 7.04. The molecule has 2 aromatic heterocycles. The minimum absolute atomic E-state index is 0.0288. The van der Waals surface area contributed by atoms with Crippen molar-refractivity contribution in [2.45, 2.75) is 39.2 Å². The van der Waals surface area contributed by atoms with Gasteiger partial charge in [0.05, 0.1) is 0 Å². The molecule has 24 heavy (non-hydrogen) atoms. The molecule has 0 aliphatic carbocycles. The van der Waals surface area contributed by atoms with Crippen molar-refractivity contribution in [1.29, 1.82) is 0 Å². The summed E-state index contributed by atoms with van der Waals surface area (Å²) in [4.78, 5) is 21.2. The second-order valence-electron chi connectivity index (χ2n) is 6.69. The molecule has 0 amide bonds. The highest BCUT2D eigenvalue weighted by atomic mass is 35.5. The van der Waals surface area contributed by atoms with Crippen molar-refractivity contribution in [3.63, 3.8) is 0 Å². The van der Waals surface area contributed by atoms with Crippen LogP contribution in [0.4, 0.5) is 0 Å². The van der Waals surface area contributed by atoms with Crippen LogP contribution in [0.5, 0.6) is 0 Å². The predicted octanol–water partition coefficient (Wildman–Crippen LogP) is 3.58. The van der Waals surface area contributed by atoms with Crippen molar-refractivity contribution in [2.75, 3.05) is 13.1 Å². The molecule has 0 radical (unpaired) electrons. The first-order valence-electron chi connectivity index (χ1n) is 8.63. The number of nitrogens with zero attached hydrogens (tertiary/aromatic N) is 2. The van der Waals surface area contributed by atoms with Crippen LogP contribution < -0.4 is 5.56 Å². The summed E-state index contributed by atoms with van der Waals surface area (Å²) in [7, 11) is 0. The van der Waals surface area contributed by atoms with E-state index in [4.69, 9.17) is 11.6 Å². The maximum atomic E-state index is 11.8. The van der Waals surface area contributed by atoms with Crippen molar-refractivity contribution in [3.8, 4) is 0 Å². The molecular formula is C19H24ClN3O. The first-order chi connectivity index (χ1) is 11.6. The van der Waals surface area contributed by atoms with Crippen molar-refractivity contribution in [1.82, 2.24) is 14.9 Å². The van der Waals surface area contributed by atoms with Crippen LogP contribution in [0.3, 0.4) is 0 Å². The smallest absolute Gasteiger partial charge is 0.252 e. The molecule has 1 aliphatic heterocycles. The second kappa shape index (κ2) is 7.95. The first-order valence-corrected chi connectivity index (χ1v) is 9.00. The number of hydrogen-bond acceptors (Lipinski definition) is 3. The zero-order valence-corrected chi connectivity index (χ0v) is 14.9. The molecule has 3 rings (SSSR count). The van der Waals surface area contributed by atoms with Gasteiger partial charge in [0.25, 0.3) is 5.56 Å². The highest BCUT2D eigenvalue weighted by molar-refractivity contribution is 6.30. The van der Waals surface area contributed by atoms with E-state index in [2.05, 4.69) is 20.9 Å². The zero-order valence-electron chi connectivity index (χ0n) is 14.1. The average Bonchev–Trinajstić information content (AvgIpc) is 2.57. The Hall–Kier alpha value is -1.65. The molecule has 0 unspecified atom stereocenters. The van der Waals surface area contributed by atoms with Crippen LogP contribution in [0, 0.1) is 12.8 Å². The van der Waals surface area contributed by atoms with E-state index in [1.54, 1.807) is 6.20 Å². The number of rotatable bonds is 5. The van der Waals surface area contributed by atoms with Crippen molar-refractivity contribution in [2.24, 2.45) is 5.92 Å².